The maximum atomic E-state index is 11.9. The first-order chi connectivity index (χ1) is 7.65. The highest BCUT2D eigenvalue weighted by Crippen LogP contribution is 2.20. The summed E-state index contributed by atoms with van der Waals surface area (Å²) >= 11 is 13.1. The molecular formula is C11H7Cl2NOS. The van der Waals surface area contributed by atoms with Crippen LogP contribution in [0.3, 0.4) is 0 Å². The van der Waals surface area contributed by atoms with Crippen molar-refractivity contribution in [3.8, 4) is 0 Å². The van der Waals surface area contributed by atoms with Gasteiger partial charge in [0.2, 0.25) is 0 Å². The molecule has 16 heavy (non-hydrogen) atoms. The molecule has 0 saturated heterocycles. The van der Waals surface area contributed by atoms with E-state index in [1.54, 1.807) is 29.9 Å². The molecule has 0 radical (unpaired) electrons. The molecule has 5 heteroatoms. The van der Waals surface area contributed by atoms with E-state index in [0.717, 1.165) is 4.88 Å². The zero-order valence-electron chi connectivity index (χ0n) is 8.11. The summed E-state index contributed by atoms with van der Waals surface area (Å²) < 4.78 is 0. The Morgan fingerprint density at radius 3 is 2.50 bits per heavy atom. The van der Waals surface area contributed by atoms with Gasteiger partial charge in [-0.1, -0.05) is 23.2 Å². The first-order valence-electron chi connectivity index (χ1n) is 4.52. The second kappa shape index (κ2) is 4.95. The van der Waals surface area contributed by atoms with Crippen molar-refractivity contribution in [1.82, 2.24) is 4.98 Å². The molecule has 0 unspecified atom stereocenters. The van der Waals surface area contributed by atoms with E-state index in [1.807, 2.05) is 0 Å². The van der Waals surface area contributed by atoms with Gasteiger partial charge in [-0.05, 0) is 18.2 Å². The molecule has 2 rings (SSSR count). The van der Waals surface area contributed by atoms with Crippen molar-refractivity contribution < 1.29 is 4.79 Å². The minimum absolute atomic E-state index is 0.00588. The number of aromatic nitrogens is 1. The lowest BCUT2D eigenvalue weighted by Gasteiger charge is -2.01. The van der Waals surface area contributed by atoms with Gasteiger partial charge in [0.25, 0.3) is 0 Å². The van der Waals surface area contributed by atoms with Gasteiger partial charge in [0, 0.05) is 33.1 Å². The number of rotatable bonds is 3. The monoisotopic (exact) mass is 271 g/mol. The van der Waals surface area contributed by atoms with E-state index in [4.69, 9.17) is 23.2 Å². The summed E-state index contributed by atoms with van der Waals surface area (Å²) in [6, 6.07) is 4.85. The van der Waals surface area contributed by atoms with Crippen molar-refractivity contribution >= 4 is 40.3 Å². The number of hydrogen-bond donors (Lipinski definition) is 0. The van der Waals surface area contributed by atoms with Crippen LogP contribution in [0.5, 0.6) is 0 Å². The Labute approximate surface area is 107 Å². The third-order valence-electron chi connectivity index (χ3n) is 2.00. The summed E-state index contributed by atoms with van der Waals surface area (Å²) in [5.74, 6) is -0.00588. The molecule has 1 aromatic carbocycles. The van der Waals surface area contributed by atoms with E-state index in [9.17, 15) is 4.79 Å². The Hall–Kier alpha value is -0.900. The summed E-state index contributed by atoms with van der Waals surface area (Å²) in [6.45, 7) is 0. The van der Waals surface area contributed by atoms with Crippen molar-refractivity contribution in [2.75, 3.05) is 0 Å². The molecule has 82 valence electrons. The molecule has 0 atom stereocenters. The Kier molecular flexibility index (Phi) is 3.59. The second-order valence-corrected chi connectivity index (χ2v) is 5.07. The summed E-state index contributed by atoms with van der Waals surface area (Å²) in [6.07, 6.45) is 2.02. The largest absolute Gasteiger partial charge is 0.294 e. The molecule has 0 aliphatic rings. The first kappa shape index (κ1) is 11.6. The normalized spacial score (nSPS) is 10.4. The highest BCUT2D eigenvalue weighted by atomic mass is 35.5. The quantitative estimate of drug-likeness (QED) is 0.794. The SMILES string of the molecule is O=C(Cc1cncs1)c1cc(Cl)cc(Cl)c1. The van der Waals surface area contributed by atoms with Crippen LogP contribution in [0.25, 0.3) is 0 Å². The zero-order valence-corrected chi connectivity index (χ0v) is 10.4. The number of benzene rings is 1. The van der Waals surface area contributed by atoms with Gasteiger partial charge in [-0.2, -0.15) is 0 Å². The van der Waals surface area contributed by atoms with Crippen LogP contribution in [0.15, 0.2) is 29.9 Å². The van der Waals surface area contributed by atoms with Gasteiger partial charge in [-0.3, -0.25) is 9.78 Å². The van der Waals surface area contributed by atoms with Crippen molar-refractivity contribution in [3.63, 3.8) is 0 Å². The third-order valence-corrected chi connectivity index (χ3v) is 3.22. The summed E-state index contributed by atoms with van der Waals surface area (Å²) in [7, 11) is 0. The van der Waals surface area contributed by atoms with E-state index in [-0.39, 0.29) is 5.78 Å². The van der Waals surface area contributed by atoms with Crippen LogP contribution in [-0.4, -0.2) is 10.8 Å². The smallest absolute Gasteiger partial charge is 0.168 e. The molecule has 0 aliphatic heterocycles. The van der Waals surface area contributed by atoms with Gasteiger partial charge in [0.15, 0.2) is 5.78 Å². The predicted octanol–water partition coefficient (Wildman–Crippen LogP) is 3.88. The fraction of sp³-hybridized carbons (Fsp3) is 0.0909. The highest BCUT2D eigenvalue weighted by Gasteiger charge is 2.09. The lowest BCUT2D eigenvalue weighted by molar-refractivity contribution is 0.0994. The predicted molar refractivity (Wildman–Crippen MR) is 66.6 cm³/mol. The van der Waals surface area contributed by atoms with Gasteiger partial charge < -0.3 is 0 Å². The Bertz CT molecular complexity index is 490. The number of halogens is 2. The van der Waals surface area contributed by atoms with E-state index >= 15 is 0 Å². The maximum absolute atomic E-state index is 11.9. The molecular weight excluding hydrogens is 265 g/mol. The average Bonchev–Trinajstić information content (AvgIpc) is 2.68. The molecule has 2 nitrogen and oxygen atoms in total. The number of ketones is 1. The van der Waals surface area contributed by atoms with Crippen LogP contribution in [-0.2, 0) is 6.42 Å². The molecule has 1 aromatic heterocycles. The van der Waals surface area contributed by atoms with E-state index in [0.29, 0.717) is 22.0 Å². The van der Waals surface area contributed by atoms with Gasteiger partial charge in [0.05, 0.1) is 5.51 Å². The molecule has 0 amide bonds. The molecule has 0 fully saturated rings. The van der Waals surface area contributed by atoms with Crippen molar-refractivity contribution in [3.05, 3.63) is 50.4 Å². The van der Waals surface area contributed by atoms with E-state index in [1.165, 1.54) is 11.3 Å². The average molecular weight is 272 g/mol. The number of thiazole rings is 1. The summed E-state index contributed by atoms with van der Waals surface area (Å²) in [5, 5.41) is 0.945. The summed E-state index contributed by atoms with van der Waals surface area (Å²) in [4.78, 5) is 16.7. The summed E-state index contributed by atoms with van der Waals surface area (Å²) in [5.41, 5.74) is 2.24. The van der Waals surface area contributed by atoms with E-state index < -0.39 is 0 Å². The van der Waals surface area contributed by atoms with Crippen molar-refractivity contribution in [2.24, 2.45) is 0 Å². The fourth-order valence-electron chi connectivity index (χ4n) is 1.30. The van der Waals surface area contributed by atoms with Crippen LogP contribution in [0.1, 0.15) is 15.2 Å². The number of nitrogens with zero attached hydrogens (tertiary/aromatic N) is 1. The number of carbonyl (C=O) groups is 1. The molecule has 2 aromatic rings. The van der Waals surface area contributed by atoms with Crippen LogP contribution < -0.4 is 0 Å². The number of Topliss-reactive ketones (excluding diaryl/α,β-unsaturated/α-hetero) is 1. The lowest BCUT2D eigenvalue weighted by Crippen LogP contribution is -2.02. The fourth-order valence-corrected chi connectivity index (χ4v) is 2.42. The molecule has 0 saturated carbocycles. The van der Waals surface area contributed by atoms with Crippen molar-refractivity contribution in [2.45, 2.75) is 6.42 Å². The van der Waals surface area contributed by atoms with E-state index in [2.05, 4.69) is 4.98 Å². The second-order valence-electron chi connectivity index (χ2n) is 3.23. The van der Waals surface area contributed by atoms with Gasteiger partial charge >= 0.3 is 0 Å². The Morgan fingerprint density at radius 2 is 1.94 bits per heavy atom. The molecule has 0 bridgehead atoms. The number of hydrogen-bond acceptors (Lipinski definition) is 3. The van der Waals surface area contributed by atoms with Gasteiger partial charge in [-0.15, -0.1) is 11.3 Å². The third kappa shape index (κ3) is 2.82. The van der Waals surface area contributed by atoms with Crippen LogP contribution in [0, 0.1) is 0 Å². The standard InChI is InChI=1S/C11H7Cl2NOS/c12-8-1-7(2-9(13)3-8)11(15)4-10-5-14-6-16-10/h1-3,5-6H,4H2. The van der Waals surface area contributed by atoms with Crippen LogP contribution >= 0.6 is 34.5 Å². The minimum atomic E-state index is -0.00588. The molecule has 0 N–H and O–H groups in total. The van der Waals surface area contributed by atoms with Gasteiger partial charge in [0.1, 0.15) is 0 Å². The molecule has 1 heterocycles. The lowest BCUT2D eigenvalue weighted by atomic mass is 10.1. The molecule has 0 aliphatic carbocycles. The number of carbonyl (C=O) groups excluding carboxylic acids is 1. The van der Waals surface area contributed by atoms with Crippen LogP contribution in [0.2, 0.25) is 10.0 Å². The van der Waals surface area contributed by atoms with Crippen LogP contribution in [0.4, 0.5) is 0 Å². The zero-order chi connectivity index (χ0) is 11.5. The van der Waals surface area contributed by atoms with Gasteiger partial charge in [-0.25, -0.2) is 0 Å². The Morgan fingerprint density at radius 1 is 1.25 bits per heavy atom. The van der Waals surface area contributed by atoms with Crippen molar-refractivity contribution in [1.29, 1.82) is 0 Å². The molecule has 0 spiro atoms. The highest BCUT2D eigenvalue weighted by molar-refractivity contribution is 7.09. The maximum Gasteiger partial charge on any atom is 0.168 e. The topological polar surface area (TPSA) is 30.0 Å². The minimum Gasteiger partial charge on any atom is -0.294 e. The first-order valence-corrected chi connectivity index (χ1v) is 6.15. The Balaban J connectivity index is 2.21.